The Hall–Kier alpha value is -0.160. The quantitative estimate of drug-likeness (QED) is 0.407. The van der Waals surface area contributed by atoms with Crippen molar-refractivity contribution in [2.75, 3.05) is 52.4 Å². The Labute approximate surface area is 114 Å². The van der Waals surface area contributed by atoms with E-state index in [9.17, 15) is 0 Å². The van der Waals surface area contributed by atoms with Crippen LogP contribution in [0.2, 0.25) is 0 Å². The summed E-state index contributed by atoms with van der Waals surface area (Å²) in [5, 5.41) is 6.81. The van der Waals surface area contributed by atoms with Gasteiger partial charge >= 0.3 is 0 Å². The molecule has 0 bridgehead atoms. The largest absolute Gasteiger partial charge is 0.330 e. The first-order valence-corrected chi connectivity index (χ1v) is 7.69. The molecule has 0 rings (SSSR count). The third-order valence-corrected chi connectivity index (χ3v) is 3.16. The Kier molecular flexibility index (Phi) is 14.8. The summed E-state index contributed by atoms with van der Waals surface area (Å²) >= 11 is 0. The predicted octanol–water partition coefficient (Wildman–Crippen LogP) is 1.03. The Bertz CT molecular complexity index is 153. The number of nitrogens with one attached hydrogen (secondary N) is 2. The molecular weight excluding hydrogens is 224 g/mol. The summed E-state index contributed by atoms with van der Waals surface area (Å²) in [4.78, 5) is 2.55. The van der Waals surface area contributed by atoms with Crippen LogP contribution in [0.5, 0.6) is 0 Å². The molecule has 4 heteroatoms. The van der Waals surface area contributed by atoms with Gasteiger partial charge in [-0.1, -0.05) is 13.8 Å². The van der Waals surface area contributed by atoms with Crippen LogP contribution in [-0.4, -0.2) is 57.3 Å². The van der Waals surface area contributed by atoms with Gasteiger partial charge in [0.15, 0.2) is 0 Å². The molecule has 0 aromatic carbocycles. The van der Waals surface area contributed by atoms with Crippen LogP contribution in [0.4, 0.5) is 0 Å². The van der Waals surface area contributed by atoms with E-state index in [-0.39, 0.29) is 0 Å². The van der Waals surface area contributed by atoms with Crippen LogP contribution in [0, 0.1) is 0 Å². The zero-order chi connectivity index (χ0) is 13.5. The molecule has 0 heterocycles. The molecule has 0 aliphatic heterocycles. The minimum absolute atomic E-state index is 0.794. The highest BCUT2D eigenvalue weighted by molar-refractivity contribution is 4.58. The Morgan fingerprint density at radius 1 is 0.833 bits per heavy atom. The molecule has 4 N–H and O–H groups in total. The average molecular weight is 258 g/mol. The summed E-state index contributed by atoms with van der Waals surface area (Å²) in [7, 11) is 0. The van der Waals surface area contributed by atoms with E-state index >= 15 is 0 Å². The monoisotopic (exact) mass is 258 g/mol. The van der Waals surface area contributed by atoms with Gasteiger partial charge in [0.05, 0.1) is 0 Å². The second kappa shape index (κ2) is 14.9. The van der Waals surface area contributed by atoms with E-state index < -0.39 is 0 Å². The lowest BCUT2D eigenvalue weighted by Crippen LogP contribution is -2.29. The van der Waals surface area contributed by atoms with Gasteiger partial charge < -0.3 is 21.3 Å². The molecule has 0 aliphatic carbocycles. The maximum atomic E-state index is 5.44. The van der Waals surface area contributed by atoms with Crippen molar-refractivity contribution in [2.24, 2.45) is 5.73 Å². The summed E-state index contributed by atoms with van der Waals surface area (Å²) in [5.41, 5.74) is 5.44. The van der Waals surface area contributed by atoms with E-state index in [1.54, 1.807) is 0 Å². The molecule has 18 heavy (non-hydrogen) atoms. The first-order valence-electron chi connectivity index (χ1n) is 7.69. The fraction of sp³-hybridized carbons (Fsp3) is 1.00. The molecule has 0 fully saturated rings. The topological polar surface area (TPSA) is 53.3 Å². The number of nitrogens with two attached hydrogens (primary N) is 1. The second-order valence-corrected chi connectivity index (χ2v) is 4.74. The number of hydrogen-bond acceptors (Lipinski definition) is 4. The minimum Gasteiger partial charge on any atom is -0.330 e. The predicted molar refractivity (Wildman–Crippen MR) is 81.0 cm³/mol. The number of rotatable bonds is 14. The van der Waals surface area contributed by atoms with Crippen molar-refractivity contribution in [2.45, 2.75) is 39.5 Å². The molecule has 0 aromatic heterocycles. The third-order valence-electron chi connectivity index (χ3n) is 3.16. The van der Waals surface area contributed by atoms with Crippen LogP contribution in [0.25, 0.3) is 0 Å². The van der Waals surface area contributed by atoms with E-state index in [4.69, 9.17) is 5.73 Å². The normalized spacial score (nSPS) is 11.3. The molecule has 0 amide bonds. The van der Waals surface area contributed by atoms with Crippen LogP contribution in [0.1, 0.15) is 39.5 Å². The van der Waals surface area contributed by atoms with E-state index in [1.165, 1.54) is 38.9 Å². The molecule has 0 saturated carbocycles. The van der Waals surface area contributed by atoms with Gasteiger partial charge in [-0.2, -0.15) is 0 Å². The highest BCUT2D eigenvalue weighted by atomic mass is 15.1. The highest BCUT2D eigenvalue weighted by Crippen LogP contribution is 1.96. The zero-order valence-electron chi connectivity index (χ0n) is 12.5. The maximum absolute atomic E-state index is 5.44. The van der Waals surface area contributed by atoms with Gasteiger partial charge in [-0.05, 0) is 78.0 Å². The van der Waals surface area contributed by atoms with Crippen molar-refractivity contribution in [1.29, 1.82) is 0 Å². The van der Waals surface area contributed by atoms with Gasteiger partial charge in [0, 0.05) is 0 Å². The van der Waals surface area contributed by atoms with Crippen LogP contribution < -0.4 is 16.4 Å². The summed E-state index contributed by atoms with van der Waals surface area (Å²) in [6.07, 6.45) is 4.92. The van der Waals surface area contributed by atoms with E-state index in [2.05, 4.69) is 29.4 Å². The van der Waals surface area contributed by atoms with Crippen LogP contribution in [-0.2, 0) is 0 Å². The maximum Gasteiger partial charge on any atom is -0.000676 e. The molecule has 0 saturated heterocycles. The molecule has 0 spiro atoms. The lowest BCUT2D eigenvalue weighted by Gasteiger charge is -2.20. The molecule has 0 aliphatic rings. The van der Waals surface area contributed by atoms with Crippen molar-refractivity contribution in [1.82, 2.24) is 15.5 Å². The SMILES string of the molecule is CCNCCCN(CC)CCCCNCCCN. The van der Waals surface area contributed by atoms with Gasteiger partial charge in [0.1, 0.15) is 0 Å². The van der Waals surface area contributed by atoms with E-state index in [1.807, 2.05) is 0 Å². The van der Waals surface area contributed by atoms with Gasteiger partial charge in [-0.15, -0.1) is 0 Å². The molecule has 0 radical (unpaired) electrons. The van der Waals surface area contributed by atoms with Crippen molar-refractivity contribution in [3.8, 4) is 0 Å². The lowest BCUT2D eigenvalue weighted by molar-refractivity contribution is 0.277. The van der Waals surface area contributed by atoms with Gasteiger partial charge in [-0.3, -0.25) is 0 Å². The van der Waals surface area contributed by atoms with Crippen LogP contribution in [0.3, 0.4) is 0 Å². The van der Waals surface area contributed by atoms with Gasteiger partial charge in [0.2, 0.25) is 0 Å². The highest BCUT2D eigenvalue weighted by Gasteiger charge is 2.01. The van der Waals surface area contributed by atoms with Crippen LogP contribution in [0.15, 0.2) is 0 Å². The molecule has 110 valence electrons. The fourth-order valence-electron chi connectivity index (χ4n) is 1.97. The van der Waals surface area contributed by atoms with Crippen LogP contribution >= 0.6 is 0 Å². The Balaban J connectivity index is 3.27. The molecule has 0 unspecified atom stereocenters. The lowest BCUT2D eigenvalue weighted by atomic mass is 10.2. The first kappa shape index (κ1) is 17.8. The van der Waals surface area contributed by atoms with Crippen molar-refractivity contribution in [3.05, 3.63) is 0 Å². The van der Waals surface area contributed by atoms with Gasteiger partial charge in [0.25, 0.3) is 0 Å². The smallest absolute Gasteiger partial charge is 0.000676 e. The summed E-state index contributed by atoms with van der Waals surface area (Å²) in [5.74, 6) is 0. The second-order valence-electron chi connectivity index (χ2n) is 4.74. The van der Waals surface area contributed by atoms with E-state index in [0.717, 1.165) is 39.1 Å². The van der Waals surface area contributed by atoms with Crippen molar-refractivity contribution >= 4 is 0 Å². The number of unbranched alkanes of at least 4 members (excludes halogenated alkanes) is 1. The third kappa shape index (κ3) is 12.3. The fourth-order valence-corrected chi connectivity index (χ4v) is 1.97. The van der Waals surface area contributed by atoms with Crippen molar-refractivity contribution in [3.63, 3.8) is 0 Å². The van der Waals surface area contributed by atoms with Gasteiger partial charge in [-0.25, -0.2) is 0 Å². The minimum atomic E-state index is 0.794. The molecule has 4 nitrogen and oxygen atoms in total. The summed E-state index contributed by atoms with van der Waals surface area (Å²) in [6.45, 7) is 13.3. The number of nitrogens with zero attached hydrogens (tertiary/aromatic N) is 1. The molecule has 0 aromatic rings. The molecular formula is C14H34N4. The Morgan fingerprint density at radius 2 is 1.50 bits per heavy atom. The molecule has 0 atom stereocenters. The van der Waals surface area contributed by atoms with Crippen molar-refractivity contribution < 1.29 is 0 Å². The Morgan fingerprint density at radius 3 is 2.17 bits per heavy atom. The van der Waals surface area contributed by atoms with E-state index in [0.29, 0.717) is 0 Å². The summed E-state index contributed by atoms with van der Waals surface area (Å²) in [6, 6.07) is 0. The average Bonchev–Trinajstić information content (AvgIpc) is 2.40. The first-order chi connectivity index (χ1) is 8.85. The zero-order valence-corrected chi connectivity index (χ0v) is 12.5. The standard InChI is InChI=1S/C14H34N4/c1-3-16-12-8-14-18(4-2)13-6-5-10-17-11-7-9-15/h16-17H,3-15H2,1-2H3. The number of hydrogen-bond donors (Lipinski definition) is 3. The summed E-state index contributed by atoms with van der Waals surface area (Å²) < 4.78 is 0.